The van der Waals surface area contributed by atoms with Crippen LogP contribution in [0.2, 0.25) is 0 Å². The maximum Gasteiger partial charge on any atom is 0.673 e. The largest absolute Gasteiger partial charge is 0.673 e. The van der Waals surface area contributed by atoms with Gasteiger partial charge in [0, 0.05) is 19.5 Å². The van der Waals surface area contributed by atoms with Gasteiger partial charge in [-0.05, 0) is 0 Å². The predicted molar refractivity (Wildman–Crippen MR) is 32.7 cm³/mol. The van der Waals surface area contributed by atoms with Crippen molar-refractivity contribution in [3.63, 3.8) is 0 Å². The number of hydrogen-bond donors (Lipinski definition) is 0. The first kappa shape index (κ1) is 22.5. The molecule has 1 radical (unpaired) electrons. The molecule has 0 amide bonds. The van der Waals surface area contributed by atoms with E-state index in [1.165, 1.54) is 0 Å². The van der Waals surface area contributed by atoms with Crippen LogP contribution in [0.4, 0.5) is 17.3 Å². The SMILES string of the molecule is C=C.C=C.F[B-](F)(F)F.[Rh]. The molecule has 0 N–H and O–H groups in total. The Bertz CT molecular complexity index is 47.7. The molecule has 0 aromatic heterocycles. The van der Waals surface area contributed by atoms with E-state index >= 15 is 0 Å². The normalized spacial score (nSPS) is 6.80. The molecule has 0 aromatic rings. The second-order valence-electron chi connectivity index (χ2n) is 0.495. The van der Waals surface area contributed by atoms with E-state index in [-0.39, 0.29) is 19.5 Å². The molecule has 10 heavy (non-hydrogen) atoms. The average Bonchev–Trinajstić information content (AvgIpc) is 1.72. The summed E-state index contributed by atoms with van der Waals surface area (Å²) in [4.78, 5) is 0. The van der Waals surface area contributed by atoms with E-state index in [4.69, 9.17) is 0 Å². The first-order valence-electron chi connectivity index (χ1n) is 1.87. The third-order valence-electron chi connectivity index (χ3n) is 0. The molecule has 0 saturated heterocycles. The Balaban J connectivity index is -0.0000000315. The van der Waals surface area contributed by atoms with Crippen LogP contribution in [0.1, 0.15) is 0 Å². The van der Waals surface area contributed by atoms with Crippen molar-refractivity contribution in [1.82, 2.24) is 0 Å². The minimum atomic E-state index is -6.00. The van der Waals surface area contributed by atoms with Crippen molar-refractivity contribution in [2.75, 3.05) is 0 Å². The molecule has 0 fully saturated rings. The quantitative estimate of drug-likeness (QED) is 0.350. The van der Waals surface area contributed by atoms with E-state index < -0.39 is 7.25 Å². The molecule has 0 aliphatic carbocycles. The van der Waals surface area contributed by atoms with Gasteiger partial charge in [-0.25, -0.2) is 0 Å². The molecule has 0 aliphatic rings. The van der Waals surface area contributed by atoms with Crippen molar-refractivity contribution in [3.8, 4) is 0 Å². The second kappa shape index (κ2) is 16.0. The van der Waals surface area contributed by atoms with Crippen LogP contribution < -0.4 is 0 Å². The van der Waals surface area contributed by atoms with Gasteiger partial charge in [0.05, 0.1) is 0 Å². The summed E-state index contributed by atoms with van der Waals surface area (Å²) in [6.07, 6.45) is 0. The smallest absolute Gasteiger partial charge is 0.418 e. The summed E-state index contributed by atoms with van der Waals surface area (Å²) < 4.78 is 39.0. The van der Waals surface area contributed by atoms with E-state index in [0.29, 0.717) is 0 Å². The summed E-state index contributed by atoms with van der Waals surface area (Å²) in [6.45, 7) is 12.0. The second-order valence-corrected chi connectivity index (χ2v) is 0.495. The van der Waals surface area contributed by atoms with Gasteiger partial charge in [0.1, 0.15) is 0 Å². The number of hydrogen-bond acceptors (Lipinski definition) is 0. The molecule has 0 heterocycles. The van der Waals surface area contributed by atoms with Crippen LogP contribution in [-0.2, 0) is 19.5 Å². The zero-order valence-corrected chi connectivity index (χ0v) is 6.89. The fourth-order valence-electron chi connectivity index (χ4n) is 0. The zero-order valence-electron chi connectivity index (χ0n) is 5.25. The molecule has 65 valence electrons. The van der Waals surface area contributed by atoms with Gasteiger partial charge in [-0.3, -0.25) is 0 Å². The summed E-state index contributed by atoms with van der Waals surface area (Å²) in [5.41, 5.74) is 0. The van der Waals surface area contributed by atoms with Crippen molar-refractivity contribution in [2.45, 2.75) is 0 Å². The van der Waals surface area contributed by atoms with Crippen LogP contribution in [0.25, 0.3) is 0 Å². The molecule has 0 nitrogen and oxygen atoms in total. The van der Waals surface area contributed by atoms with Crippen LogP contribution in [-0.4, -0.2) is 7.25 Å². The Hall–Kier alpha value is -0.112. The van der Waals surface area contributed by atoms with Crippen LogP contribution in [0, 0.1) is 0 Å². The summed E-state index contributed by atoms with van der Waals surface area (Å²) >= 11 is 0. The molecule has 0 spiro atoms. The maximum atomic E-state index is 9.75. The van der Waals surface area contributed by atoms with E-state index in [1.54, 1.807) is 0 Å². The van der Waals surface area contributed by atoms with Crippen molar-refractivity contribution in [1.29, 1.82) is 0 Å². The summed E-state index contributed by atoms with van der Waals surface area (Å²) in [5.74, 6) is 0. The van der Waals surface area contributed by atoms with Gasteiger partial charge in [-0.2, -0.15) is 0 Å². The van der Waals surface area contributed by atoms with E-state index in [2.05, 4.69) is 26.3 Å². The molecule has 0 unspecified atom stereocenters. The molecular formula is C4H8BF4Rh-. The van der Waals surface area contributed by atoms with Crippen molar-refractivity contribution in [2.24, 2.45) is 0 Å². The third kappa shape index (κ3) is 30000. The maximum absolute atomic E-state index is 9.75. The van der Waals surface area contributed by atoms with Gasteiger partial charge in [-0.1, -0.05) is 0 Å². The fourth-order valence-corrected chi connectivity index (χ4v) is 0. The van der Waals surface area contributed by atoms with Gasteiger partial charge in [0.15, 0.2) is 0 Å². The average molecular weight is 246 g/mol. The Labute approximate surface area is 70.9 Å². The van der Waals surface area contributed by atoms with Gasteiger partial charge < -0.3 is 17.3 Å². The Morgan fingerprint density at radius 2 is 0.700 bits per heavy atom. The van der Waals surface area contributed by atoms with E-state index in [0.717, 1.165) is 0 Å². The van der Waals surface area contributed by atoms with Gasteiger partial charge >= 0.3 is 7.25 Å². The molecular weight excluding hydrogens is 238 g/mol. The number of rotatable bonds is 0. The van der Waals surface area contributed by atoms with E-state index in [1.807, 2.05) is 0 Å². The van der Waals surface area contributed by atoms with Crippen LogP contribution >= 0.6 is 0 Å². The minimum absolute atomic E-state index is 0. The first-order chi connectivity index (χ1) is 4.00. The van der Waals surface area contributed by atoms with Crippen LogP contribution in [0.15, 0.2) is 26.3 Å². The molecule has 0 bridgehead atoms. The zero-order chi connectivity index (χ0) is 8.50. The Kier molecular flexibility index (Phi) is 35.9. The van der Waals surface area contributed by atoms with Crippen LogP contribution in [0.3, 0.4) is 0 Å². The predicted octanol–water partition coefficient (Wildman–Crippen LogP) is 2.90. The summed E-state index contributed by atoms with van der Waals surface area (Å²) in [7, 11) is -6.00. The van der Waals surface area contributed by atoms with E-state index in [9.17, 15) is 17.3 Å². The third-order valence-corrected chi connectivity index (χ3v) is 0. The van der Waals surface area contributed by atoms with Crippen molar-refractivity contribution < 1.29 is 36.7 Å². The Morgan fingerprint density at radius 1 is 0.700 bits per heavy atom. The van der Waals surface area contributed by atoms with Crippen molar-refractivity contribution >= 4 is 7.25 Å². The summed E-state index contributed by atoms with van der Waals surface area (Å²) in [6, 6.07) is 0. The summed E-state index contributed by atoms with van der Waals surface area (Å²) in [5, 5.41) is 0. The molecule has 0 aliphatic heterocycles. The number of halogens is 4. The molecule has 0 saturated carbocycles. The molecule has 0 aromatic carbocycles. The van der Waals surface area contributed by atoms with Crippen molar-refractivity contribution in [3.05, 3.63) is 26.3 Å². The fraction of sp³-hybridized carbons (Fsp3) is 0. The Morgan fingerprint density at radius 3 is 0.700 bits per heavy atom. The van der Waals surface area contributed by atoms with Gasteiger partial charge in [0.2, 0.25) is 0 Å². The standard InChI is InChI=1S/2C2H4.BF4.Rh/c2*1-2;2-1(3,4)5;/h2*1-2H2;;/q;;-1;. The first-order valence-corrected chi connectivity index (χ1v) is 1.87. The molecule has 6 heteroatoms. The topological polar surface area (TPSA) is 0 Å². The van der Waals surface area contributed by atoms with Crippen LogP contribution in [0.5, 0.6) is 0 Å². The molecule has 0 atom stereocenters. The monoisotopic (exact) mass is 246 g/mol. The van der Waals surface area contributed by atoms with Gasteiger partial charge in [-0.15, -0.1) is 26.3 Å². The van der Waals surface area contributed by atoms with Gasteiger partial charge in [0.25, 0.3) is 0 Å². The molecule has 0 rings (SSSR count). The minimum Gasteiger partial charge on any atom is -0.418 e.